The molecule has 1 amide bonds. The summed E-state index contributed by atoms with van der Waals surface area (Å²) in [5.41, 5.74) is 0. The summed E-state index contributed by atoms with van der Waals surface area (Å²) in [6.07, 6.45) is 1.55. The fourth-order valence-electron chi connectivity index (χ4n) is 0.712. The van der Waals surface area contributed by atoms with Crippen molar-refractivity contribution in [1.82, 2.24) is 5.32 Å². The van der Waals surface area contributed by atoms with Gasteiger partial charge >= 0.3 is 6.09 Å². The zero-order chi connectivity index (χ0) is 9.40. The maximum absolute atomic E-state index is 10.8. The smallest absolute Gasteiger partial charge is 0.407 e. The van der Waals surface area contributed by atoms with Crippen LogP contribution in [0.15, 0.2) is 12.7 Å². The molecule has 1 atom stereocenters. The molecule has 0 saturated heterocycles. The van der Waals surface area contributed by atoms with Gasteiger partial charge in [-0.25, -0.2) is 4.79 Å². The van der Waals surface area contributed by atoms with Gasteiger partial charge in [0.25, 0.3) is 0 Å². The minimum absolute atomic E-state index is 0.0170. The molecule has 0 aliphatic rings. The molecule has 0 saturated carbocycles. The van der Waals surface area contributed by atoms with Gasteiger partial charge in [-0.05, 0) is 13.3 Å². The number of carbonyl (C=O) groups excluding carboxylic acids is 1. The van der Waals surface area contributed by atoms with Gasteiger partial charge in [0.1, 0.15) is 0 Å². The third kappa shape index (κ3) is 4.73. The third-order valence-electron chi connectivity index (χ3n) is 1.30. The van der Waals surface area contributed by atoms with Crippen LogP contribution < -0.4 is 5.32 Å². The van der Waals surface area contributed by atoms with Crippen molar-refractivity contribution >= 4 is 6.09 Å². The standard InChI is InChI=1S/C8H15NO3/c1-3-7(5-6-10)9-8(11)12-4-2/h3,7,10H,1,4-6H2,2H3,(H,9,11). The van der Waals surface area contributed by atoms with Crippen LogP contribution in [0.1, 0.15) is 13.3 Å². The minimum Gasteiger partial charge on any atom is -0.450 e. The molecule has 0 aromatic heterocycles. The zero-order valence-corrected chi connectivity index (χ0v) is 7.25. The van der Waals surface area contributed by atoms with E-state index in [1.165, 1.54) is 0 Å². The Balaban J connectivity index is 3.68. The van der Waals surface area contributed by atoms with E-state index in [1.54, 1.807) is 13.0 Å². The summed E-state index contributed by atoms with van der Waals surface area (Å²) in [6, 6.07) is -0.214. The number of aliphatic hydroxyl groups is 1. The number of ether oxygens (including phenoxy) is 1. The number of carbonyl (C=O) groups is 1. The van der Waals surface area contributed by atoms with Gasteiger partial charge in [-0.1, -0.05) is 6.08 Å². The van der Waals surface area contributed by atoms with Crippen molar-refractivity contribution in [3.63, 3.8) is 0 Å². The topological polar surface area (TPSA) is 58.6 Å². The van der Waals surface area contributed by atoms with Gasteiger partial charge in [0.05, 0.1) is 12.6 Å². The fraction of sp³-hybridized carbons (Fsp3) is 0.625. The lowest BCUT2D eigenvalue weighted by Crippen LogP contribution is -2.34. The highest BCUT2D eigenvalue weighted by atomic mass is 16.5. The van der Waals surface area contributed by atoms with E-state index < -0.39 is 6.09 Å². The highest BCUT2D eigenvalue weighted by Gasteiger charge is 2.07. The molecule has 4 heteroatoms. The van der Waals surface area contributed by atoms with Gasteiger partial charge in [0, 0.05) is 6.61 Å². The molecule has 0 fully saturated rings. The first kappa shape index (κ1) is 11.0. The Labute approximate surface area is 72.2 Å². The summed E-state index contributed by atoms with van der Waals surface area (Å²) in [6.45, 7) is 5.60. The van der Waals surface area contributed by atoms with E-state index in [2.05, 4.69) is 16.6 Å². The number of hydrogen-bond donors (Lipinski definition) is 2. The second-order valence-electron chi connectivity index (χ2n) is 2.22. The number of alkyl carbamates (subject to hydrolysis) is 1. The summed E-state index contributed by atoms with van der Waals surface area (Å²) in [5, 5.41) is 11.1. The van der Waals surface area contributed by atoms with Crippen LogP contribution in [0.2, 0.25) is 0 Å². The molecule has 12 heavy (non-hydrogen) atoms. The Morgan fingerprint density at radius 1 is 1.83 bits per heavy atom. The van der Waals surface area contributed by atoms with E-state index in [4.69, 9.17) is 5.11 Å². The van der Waals surface area contributed by atoms with Crippen LogP contribution in [0.5, 0.6) is 0 Å². The Kier molecular flexibility index (Phi) is 6.09. The molecule has 70 valence electrons. The van der Waals surface area contributed by atoms with Gasteiger partial charge in [-0.15, -0.1) is 6.58 Å². The van der Waals surface area contributed by atoms with Crippen molar-refractivity contribution in [2.24, 2.45) is 0 Å². The maximum Gasteiger partial charge on any atom is 0.407 e. The van der Waals surface area contributed by atoms with Crippen LogP contribution in [0.3, 0.4) is 0 Å². The summed E-state index contributed by atoms with van der Waals surface area (Å²) < 4.78 is 4.64. The first-order valence-corrected chi connectivity index (χ1v) is 3.91. The molecule has 0 aromatic carbocycles. The highest BCUT2D eigenvalue weighted by Crippen LogP contribution is 1.92. The number of hydrogen-bond acceptors (Lipinski definition) is 3. The van der Waals surface area contributed by atoms with Crippen LogP contribution >= 0.6 is 0 Å². The molecule has 0 radical (unpaired) electrons. The molecule has 2 N–H and O–H groups in total. The summed E-state index contributed by atoms with van der Waals surface area (Å²) in [4.78, 5) is 10.8. The number of aliphatic hydroxyl groups excluding tert-OH is 1. The van der Waals surface area contributed by atoms with Crippen molar-refractivity contribution in [2.45, 2.75) is 19.4 Å². The molecule has 0 aliphatic carbocycles. The van der Waals surface area contributed by atoms with Crippen LogP contribution in [0.25, 0.3) is 0 Å². The molecule has 0 aromatic rings. The number of rotatable bonds is 5. The second kappa shape index (κ2) is 6.67. The summed E-state index contributed by atoms with van der Waals surface area (Å²) in [7, 11) is 0. The Hall–Kier alpha value is -1.03. The molecule has 1 unspecified atom stereocenters. The van der Waals surface area contributed by atoms with Crippen molar-refractivity contribution in [3.05, 3.63) is 12.7 Å². The van der Waals surface area contributed by atoms with Crippen molar-refractivity contribution in [2.75, 3.05) is 13.2 Å². The van der Waals surface area contributed by atoms with Gasteiger partial charge in [-0.2, -0.15) is 0 Å². The molecule has 0 bridgehead atoms. The Morgan fingerprint density at radius 2 is 2.50 bits per heavy atom. The average Bonchev–Trinajstić information content (AvgIpc) is 2.04. The lowest BCUT2D eigenvalue weighted by molar-refractivity contribution is 0.148. The predicted molar refractivity (Wildman–Crippen MR) is 45.8 cm³/mol. The molecule has 0 spiro atoms. The van der Waals surface area contributed by atoms with Crippen LogP contribution in [0.4, 0.5) is 4.79 Å². The zero-order valence-electron chi connectivity index (χ0n) is 7.25. The quantitative estimate of drug-likeness (QED) is 0.601. The third-order valence-corrected chi connectivity index (χ3v) is 1.30. The fourth-order valence-corrected chi connectivity index (χ4v) is 0.712. The van der Waals surface area contributed by atoms with Crippen molar-refractivity contribution in [1.29, 1.82) is 0 Å². The van der Waals surface area contributed by atoms with E-state index in [0.717, 1.165) is 0 Å². The largest absolute Gasteiger partial charge is 0.450 e. The Morgan fingerprint density at radius 3 is 2.92 bits per heavy atom. The lowest BCUT2D eigenvalue weighted by Gasteiger charge is -2.12. The van der Waals surface area contributed by atoms with Gasteiger partial charge in [-0.3, -0.25) is 0 Å². The second-order valence-corrected chi connectivity index (χ2v) is 2.22. The molecule has 4 nitrogen and oxygen atoms in total. The van der Waals surface area contributed by atoms with E-state index >= 15 is 0 Å². The molecular formula is C8H15NO3. The predicted octanol–water partition coefficient (Wildman–Crippen LogP) is 0.669. The van der Waals surface area contributed by atoms with E-state index in [0.29, 0.717) is 13.0 Å². The van der Waals surface area contributed by atoms with E-state index in [1.807, 2.05) is 0 Å². The first-order valence-electron chi connectivity index (χ1n) is 3.91. The van der Waals surface area contributed by atoms with Gasteiger partial charge in [0.15, 0.2) is 0 Å². The summed E-state index contributed by atoms with van der Waals surface area (Å²) in [5.74, 6) is 0. The van der Waals surface area contributed by atoms with E-state index in [9.17, 15) is 4.79 Å². The molecule has 0 aliphatic heterocycles. The molecule has 0 rings (SSSR count). The normalized spacial score (nSPS) is 11.8. The SMILES string of the molecule is C=CC(CCO)NC(=O)OCC. The maximum atomic E-state index is 10.8. The van der Waals surface area contributed by atoms with Gasteiger partial charge < -0.3 is 15.2 Å². The molecule has 0 heterocycles. The monoisotopic (exact) mass is 173 g/mol. The van der Waals surface area contributed by atoms with Crippen LogP contribution in [-0.4, -0.2) is 30.5 Å². The summed E-state index contributed by atoms with van der Waals surface area (Å²) >= 11 is 0. The molecular weight excluding hydrogens is 158 g/mol. The number of amides is 1. The van der Waals surface area contributed by atoms with Crippen LogP contribution in [-0.2, 0) is 4.74 Å². The first-order chi connectivity index (χ1) is 5.74. The average molecular weight is 173 g/mol. The highest BCUT2D eigenvalue weighted by molar-refractivity contribution is 5.67. The Bertz CT molecular complexity index is 147. The number of nitrogens with one attached hydrogen (secondary N) is 1. The van der Waals surface area contributed by atoms with Crippen LogP contribution in [0, 0.1) is 0 Å². The lowest BCUT2D eigenvalue weighted by atomic mass is 10.2. The van der Waals surface area contributed by atoms with E-state index in [-0.39, 0.29) is 12.6 Å². The minimum atomic E-state index is -0.476. The van der Waals surface area contributed by atoms with Gasteiger partial charge in [0.2, 0.25) is 0 Å². The van der Waals surface area contributed by atoms with Crippen molar-refractivity contribution in [3.8, 4) is 0 Å². The van der Waals surface area contributed by atoms with Crippen molar-refractivity contribution < 1.29 is 14.6 Å².